The molecule has 0 saturated heterocycles. The minimum absolute atomic E-state index is 0.0198. The van der Waals surface area contributed by atoms with Crippen LogP contribution in [0.15, 0.2) is 30.3 Å². The molecule has 0 bridgehead atoms. The maximum absolute atomic E-state index is 13.1. The van der Waals surface area contributed by atoms with Crippen LogP contribution in [0.2, 0.25) is 0 Å². The Kier molecular flexibility index (Phi) is 5.46. The molecule has 28 heavy (non-hydrogen) atoms. The third-order valence-corrected chi connectivity index (χ3v) is 6.04. The van der Waals surface area contributed by atoms with Crippen molar-refractivity contribution in [1.29, 1.82) is 0 Å². The van der Waals surface area contributed by atoms with Crippen molar-refractivity contribution in [2.75, 3.05) is 6.54 Å². The largest absolute Gasteiger partial charge is 0.343 e. The average molecular weight is 380 g/mol. The highest BCUT2D eigenvalue weighted by molar-refractivity contribution is 5.96. The highest BCUT2D eigenvalue weighted by atomic mass is 16.2. The predicted octanol–water partition coefficient (Wildman–Crippen LogP) is 2.61. The SMILES string of the molecule is Cn1nc(CN(C(=O)CNC(=O)c2ccccc2)C2CCCC2)c2c1CCC2. The van der Waals surface area contributed by atoms with E-state index in [2.05, 4.69) is 5.32 Å². The van der Waals surface area contributed by atoms with Crippen LogP contribution in [-0.2, 0) is 31.2 Å². The Morgan fingerprint density at radius 3 is 2.64 bits per heavy atom. The van der Waals surface area contributed by atoms with Crippen LogP contribution in [0.3, 0.4) is 0 Å². The maximum Gasteiger partial charge on any atom is 0.251 e. The van der Waals surface area contributed by atoms with Crippen molar-refractivity contribution in [3.8, 4) is 0 Å². The van der Waals surface area contributed by atoms with E-state index in [1.807, 2.05) is 34.8 Å². The summed E-state index contributed by atoms with van der Waals surface area (Å²) in [6.07, 6.45) is 7.68. The lowest BCUT2D eigenvalue weighted by molar-refractivity contribution is -0.133. The number of rotatable bonds is 6. The molecule has 148 valence electrons. The molecule has 1 heterocycles. The highest BCUT2D eigenvalue weighted by Gasteiger charge is 2.30. The van der Waals surface area contributed by atoms with Crippen molar-refractivity contribution in [2.45, 2.75) is 57.5 Å². The lowest BCUT2D eigenvalue weighted by Crippen LogP contribution is -2.44. The van der Waals surface area contributed by atoms with Gasteiger partial charge in [-0.25, -0.2) is 0 Å². The number of nitrogens with one attached hydrogen (secondary N) is 1. The van der Waals surface area contributed by atoms with Gasteiger partial charge in [0.15, 0.2) is 0 Å². The standard InChI is InChI=1S/C22H28N4O2/c1-25-20-13-7-12-18(20)19(24-25)15-26(17-10-5-6-11-17)21(27)14-23-22(28)16-8-3-2-4-9-16/h2-4,8-9,17H,5-7,10-15H2,1H3,(H,23,28). The van der Waals surface area contributed by atoms with E-state index in [1.165, 1.54) is 17.7 Å². The number of benzene rings is 1. The maximum atomic E-state index is 13.1. The van der Waals surface area contributed by atoms with Gasteiger partial charge in [-0.1, -0.05) is 31.0 Å². The van der Waals surface area contributed by atoms with Crippen LogP contribution in [0.1, 0.15) is 59.4 Å². The molecule has 2 amide bonds. The van der Waals surface area contributed by atoms with Crippen LogP contribution in [-0.4, -0.2) is 39.1 Å². The van der Waals surface area contributed by atoms with Gasteiger partial charge in [0, 0.05) is 24.3 Å². The lowest BCUT2D eigenvalue weighted by Gasteiger charge is -2.29. The zero-order valence-electron chi connectivity index (χ0n) is 16.5. The minimum atomic E-state index is -0.209. The summed E-state index contributed by atoms with van der Waals surface area (Å²) in [5, 5.41) is 7.49. The fourth-order valence-corrected chi connectivity index (χ4v) is 4.57. The normalized spacial score (nSPS) is 16.2. The number of carbonyl (C=O) groups excluding carboxylic acids is 2. The molecular weight excluding hydrogens is 352 g/mol. The Morgan fingerprint density at radius 2 is 1.89 bits per heavy atom. The zero-order valence-corrected chi connectivity index (χ0v) is 16.5. The second-order valence-electron chi connectivity index (χ2n) is 7.86. The van der Waals surface area contributed by atoms with Crippen LogP contribution in [0, 0.1) is 0 Å². The monoisotopic (exact) mass is 380 g/mol. The smallest absolute Gasteiger partial charge is 0.251 e. The van der Waals surface area contributed by atoms with E-state index in [-0.39, 0.29) is 24.4 Å². The van der Waals surface area contributed by atoms with Crippen LogP contribution >= 0.6 is 0 Å². The van der Waals surface area contributed by atoms with Gasteiger partial charge in [-0.15, -0.1) is 0 Å². The Hall–Kier alpha value is -2.63. The first kappa shape index (κ1) is 18.7. The van der Waals surface area contributed by atoms with E-state index < -0.39 is 0 Å². The third-order valence-electron chi connectivity index (χ3n) is 6.04. The number of nitrogens with zero attached hydrogens (tertiary/aromatic N) is 3. The van der Waals surface area contributed by atoms with Gasteiger partial charge in [0.25, 0.3) is 5.91 Å². The molecule has 1 aromatic carbocycles. The molecule has 0 unspecified atom stereocenters. The van der Waals surface area contributed by atoms with Crippen LogP contribution in [0.4, 0.5) is 0 Å². The summed E-state index contributed by atoms with van der Waals surface area (Å²) in [5.41, 5.74) is 4.24. The van der Waals surface area contributed by atoms with Gasteiger partial charge in [0.1, 0.15) is 0 Å². The van der Waals surface area contributed by atoms with Gasteiger partial charge < -0.3 is 10.2 Å². The molecule has 1 N–H and O–H groups in total. The van der Waals surface area contributed by atoms with Crippen molar-refractivity contribution >= 4 is 11.8 Å². The Balaban J connectivity index is 1.46. The van der Waals surface area contributed by atoms with E-state index >= 15 is 0 Å². The first-order chi connectivity index (χ1) is 13.6. The molecule has 4 rings (SSSR count). The van der Waals surface area contributed by atoms with E-state index in [9.17, 15) is 9.59 Å². The predicted molar refractivity (Wildman–Crippen MR) is 107 cm³/mol. The lowest BCUT2D eigenvalue weighted by atomic mass is 10.1. The average Bonchev–Trinajstić information content (AvgIpc) is 3.45. The van der Waals surface area contributed by atoms with Crippen LogP contribution in [0.5, 0.6) is 0 Å². The molecule has 2 aliphatic carbocycles. The zero-order chi connectivity index (χ0) is 19.5. The van der Waals surface area contributed by atoms with Gasteiger partial charge in [0.05, 0.1) is 18.8 Å². The summed E-state index contributed by atoms with van der Waals surface area (Å²) >= 11 is 0. The third kappa shape index (κ3) is 3.81. The molecular formula is C22H28N4O2. The molecule has 6 nitrogen and oxygen atoms in total. The van der Waals surface area contributed by atoms with E-state index in [0.29, 0.717) is 12.1 Å². The summed E-state index contributed by atoms with van der Waals surface area (Å²) in [5.74, 6) is -0.229. The Morgan fingerprint density at radius 1 is 1.14 bits per heavy atom. The molecule has 1 aromatic heterocycles. The molecule has 1 saturated carbocycles. The minimum Gasteiger partial charge on any atom is -0.343 e. The Bertz CT molecular complexity index is 853. The highest BCUT2D eigenvalue weighted by Crippen LogP contribution is 2.29. The number of hydrogen-bond acceptors (Lipinski definition) is 3. The Labute approximate surface area is 165 Å². The molecule has 2 aliphatic rings. The van der Waals surface area contributed by atoms with E-state index in [4.69, 9.17) is 5.10 Å². The fraction of sp³-hybridized carbons (Fsp3) is 0.500. The van der Waals surface area contributed by atoms with Crippen molar-refractivity contribution in [1.82, 2.24) is 20.0 Å². The second kappa shape index (κ2) is 8.17. The van der Waals surface area contributed by atoms with E-state index in [0.717, 1.165) is 44.2 Å². The quantitative estimate of drug-likeness (QED) is 0.838. The van der Waals surface area contributed by atoms with E-state index in [1.54, 1.807) is 12.1 Å². The molecule has 6 heteroatoms. The van der Waals surface area contributed by atoms with Gasteiger partial charge in [-0.2, -0.15) is 5.10 Å². The number of aryl methyl sites for hydroxylation is 1. The first-order valence-corrected chi connectivity index (χ1v) is 10.3. The van der Waals surface area contributed by atoms with Crippen molar-refractivity contribution in [2.24, 2.45) is 7.05 Å². The molecule has 0 atom stereocenters. The molecule has 1 fully saturated rings. The molecule has 0 radical (unpaired) electrons. The molecule has 0 spiro atoms. The van der Waals surface area contributed by atoms with Crippen molar-refractivity contribution in [3.63, 3.8) is 0 Å². The first-order valence-electron chi connectivity index (χ1n) is 10.3. The second-order valence-corrected chi connectivity index (χ2v) is 7.86. The van der Waals surface area contributed by atoms with Crippen LogP contribution < -0.4 is 5.32 Å². The van der Waals surface area contributed by atoms with Gasteiger partial charge in [-0.05, 0) is 49.8 Å². The molecule has 0 aliphatic heterocycles. The number of aromatic nitrogens is 2. The topological polar surface area (TPSA) is 67.2 Å². The van der Waals surface area contributed by atoms with Gasteiger partial charge in [0.2, 0.25) is 5.91 Å². The van der Waals surface area contributed by atoms with Gasteiger partial charge >= 0.3 is 0 Å². The summed E-state index contributed by atoms with van der Waals surface area (Å²) in [6, 6.07) is 9.28. The summed E-state index contributed by atoms with van der Waals surface area (Å²) in [7, 11) is 2.00. The van der Waals surface area contributed by atoms with Gasteiger partial charge in [-0.3, -0.25) is 14.3 Å². The fourth-order valence-electron chi connectivity index (χ4n) is 4.57. The molecule has 2 aromatic rings. The van der Waals surface area contributed by atoms with Crippen molar-refractivity contribution < 1.29 is 9.59 Å². The number of fused-ring (bicyclic) bond motifs is 1. The van der Waals surface area contributed by atoms with Crippen LogP contribution in [0.25, 0.3) is 0 Å². The number of amides is 2. The van der Waals surface area contributed by atoms with Crippen molar-refractivity contribution in [3.05, 3.63) is 52.8 Å². The summed E-state index contributed by atoms with van der Waals surface area (Å²) < 4.78 is 1.98. The summed E-state index contributed by atoms with van der Waals surface area (Å²) in [6.45, 7) is 0.577. The summed E-state index contributed by atoms with van der Waals surface area (Å²) in [4.78, 5) is 27.3. The number of hydrogen-bond donors (Lipinski definition) is 1. The number of carbonyl (C=O) groups is 2.